The number of unbranched alkanes of at least 4 members (excludes halogenated alkanes) is 26. The summed E-state index contributed by atoms with van der Waals surface area (Å²) in [6.45, 7) is 11.3. The van der Waals surface area contributed by atoms with Crippen LogP contribution in [-0.4, -0.2) is 37.2 Å². The van der Waals surface area contributed by atoms with Gasteiger partial charge in [-0.05, 0) is 31.1 Å². The third-order valence-electron chi connectivity index (χ3n) is 11.1. The molecule has 0 spiro atoms. The van der Waals surface area contributed by atoms with E-state index in [9.17, 15) is 14.4 Å². The van der Waals surface area contributed by atoms with Crippen LogP contribution in [0.25, 0.3) is 0 Å². The van der Waals surface area contributed by atoms with Gasteiger partial charge in [-0.2, -0.15) is 0 Å². The van der Waals surface area contributed by atoms with Gasteiger partial charge < -0.3 is 14.2 Å². The standard InChI is InChI=1S/C48H92O6/c1-6-8-9-10-11-12-18-23-28-33-38-46(49)52-41-45(54-48(51)40-35-30-25-20-15-16-21-26-31-36-43(3)4)42-53-47(50)39-34-29-24-19-14-13-17-22-27-32-37-44(5)7-2/h43-45H,6-42H2,1-5H3/t44?,45-/m0/s1. The SMILES string of the molecule is CCCCCCCCCCCCC(=O)OC[C@@H](COC(=O)CCCCCCCCCCCCC(C)CC)OC(=O)CCCCCCCCCCCC(C)C. The van der Waals surface area contributed by atoms with Crippen LogP contribution in [0, 0.1) is 11.8 Å². The molecule has 0 aromatic rings. The molecular weight excluding hydrogens is 673 g/mol. The lowest BCUT2D eigenvalue weighted by Gasteiger charge is -2.18. The maximum absolute atomic E-state index is 12.7. The molecule has 0 N–H and O–H groups in total. The van der Waals surface area contributed by atoms with Crippen LogP contribution in [0.3, 0.4) is 0 Å². The van der Waals surface area contributed by atoms with Crippen molar-refractivity contribution in [1.82, 2.24) is 0 Å². The second-order valence-corrected chi connectivity index (χ2v) is 17.1. The van der Waals surface area contributed by atoms with Crippen molar-refractivity contribution in [3.63, 3.8) is 0 Å². The summed E-state index contributed by atoms with van der Waals surface area (Å²) in [6.07, 6.45) is 39.4. The molecule has 6 heteroatoms. The van der Waals surface area contributed by atoms with Gasteiger partial charge in [-0.1, -0.05) is 221 Å². The summed E-state index contributed by atoms with van der Waals surface area (Å²) in [7, 11) is 0. The van der Waals surface area contributed by atoms with Crippen molar-refractivity contribution in [2.24, 2.45) is 11.8 Å². The van der Waals surface area contributed by atoms with E-state index in [0.29, 0.717) is 19.3 Å². The molecule has 0 aliphatic carbocycles. The number of ether oxygens (including phenoxy) is 3. The molecule has 0 radical (unpaired) electrons. The lowest BCUT2D eigenvalue weighted by atomic mass is 9.99. The van der Waals surface area contributed by atoms with Gasteiger partial charge in [0.1, 0.15) is 13.2 Å². The second-order valence-electron chi connectivity index (χ2n) is 17.1. The Labute approximate surface area is 336 Å². The Morgan fingerprint density at radius 1 is 0.389 bits per heavy atom. The minimum absolute atomic E-state index is 0.0648. The van der Waals surface area contributed by atoms with Gasteiger partial charge in [0.15, 0.2) is 6.10 Å². The molecule has 1 unspecified atom stereocenters. The van der Waals surface area contributed by atoms with E-state index in [-0.39, 0.29) is 31.1 Å². The molecule has 0 bridgehead atoms. The van der Waals surface area contributed by atoms with E-state index >= 15 is 0 Å². The highest BCUT2D eigenvalue weighted by Crippen LogP contribution is 2.17. The minimum Gasteiger partial charge on any atom is -0.462 e. The van der Waals surface area contributed by atoms with Gasteiger partial charge >= 0.3 is 17.9 Å². The predicted octanol–water partition coefficient (Wildman–Crippen LogP) is 15.0. The maximum atomic E-state index is 12.7. The molecule has 6 nitrogen and oxygen atoms in total. The molecule has 0 aliphatic heterocycles. The average molecular weight is 765 g/mol. The van der Waals surface area contributed by atoms with Crippen LogP contribution >= 0.6 is 0 Å². The second kappa shape index (κ2) is 41.1. The van der Waals surface area contributed by atoms with Crippen molar-refractivity contribution in [1.29, 1.82) is 0 Å². The number of rotatable bonds is 42. The first kappa shape index (κ1) is 52.4. The van der Waals surface area contributed by atoms with Gasteiger partial charge in [0.05, 0.1) is 0 Å². The van der Waals surface area contributed by atoms with Crippen LogP contribution in [0.4, 0.5) is 0 Å². The fraction of sp³-hybridized carbons (Fsp3) is 0.938. The van der Waals surface area contributed by atoms with Crippen molar-refractivity contribution in [2.45, 2.75) is 265 Å². The Hall–Kier alpha value is -1.59. The molecule has 0 aromatic carbocycles. The molecule has 2 atom stereocenters. The summed E-state index contributed by atoms with van der Waals surface area (Å²) in [5, 5.41) is 0. The zero-order valence-electron chi connectivity index (χ0n) is 36.8. The molecule has 0 amide bonds. The van der Waals surface area contributed by atoms with Crippen molar-refractivity contribution < 1.29 is 28.6 Å². The highest BCUT2D eigenvalue weighted by Gasteiger charge is 2.19. The van der Waals surface area contributed by atoms with Crippen LogP contribution in [0.5, 0.6) is 0 Å². The summed E-state index contributed by atoms with van der Waals surface area (Å²) in [5.74, 6) is 0.819. The van der Waals surface area contributed by atoms with Crippen LogP contribution in [-0.2, 0) is 28.6 Å². The first-order chi connectivity index (χ1) is 26.3. The largest absolute Gasteiger partial charge is 0.462 e. The molecule has 0 aromatic heterocycles. The minimum atomic E-state index is -0.760. The van der Waals surface area contributed by atoms with Crippen LogP contribution < -0.4 is 0 Å². The van der Waals surface area contributed by atoms with Crippen molar-refractivity contribution in [2.75, 3.05) is 13.2 Å². The number of hydrogen-bond acceptors (Lipinski definition) is 6. The van der Waals surface area contributed by atoms with E-state index in [2.05, 4.69) is 34.6 Å². The van der Waals surface area contributed by atoms with Crippen molar-refractivity contribution >= 4 is 17.9 Å². The van der Waals surface area contributed by atoms with Gasteiger partial charge in [-0.25, -0.2) is 0 Å². The van der Waals surface area contributed by atoms with Gasteiger partial charge in [0.25, 0.3) is 0 Å². The maximum Gasteiger partial charge on any atom is 0.306 e. The van der Waals surface area contributed by atoms with Gasteiger partial charge in [-0.3, -0.25) is 14.4 Å². The quantitative estimate of drug-likeness (QED) is 0.0350. The Morgan fingerprint density at radius 2 is 0.704 bits per heavy atom. The zero-order valence-corrected chi connectivity index (χ0v) is 36.8. The van der Waals surface area contributed by atoms with Crippen molar-refractivity contribution in [3.8, 4) is 0 Å². The van der Waals surface area contributed by atoms with E-state index in [0.717, 1.165) is 69.6 Å². The normalized spacial score (nSPS) is 12.6. The van der Waals surface area contributed by atoms with Gasteiger partial charge in [0.2, 0.25) is 0 Å². The van der Waals surface area contributed by atoms with Gasteiger partial charge in [0, 0.05) is 19.3 Å². The first-order valence-corrected chi connectivity index (χ1v) is 23.8. The Morgan fingerprint density at radius 3 is 1.06 bits per heavy atom. The molecule has 54 heavy (non-hydrogen) atoms. The summed E-state index contributed by atoms with van der Waals surface area (Å²) < 4.78 is 16.7. The highest BCUT2D eigenvalue weighted by molar-refractivity contribution is 5.71. The Kier molecular flexibility index (Phi) is 39.8. The van der Waals surface area contributed by atoms with E-state index in [4.69, 9.17) is 14.2 Å². The number of carbonyl (C=O) groups excluding carboxylic acids is 3. The number of hydrogen-bond donors (Lipinski definition) is 0. The summed E-state index contributed by atoms with van der Waals surface area (Å²) in [6, 6.07) is 0. The lowest BCUT2D eigenvalue weighted by Crippen LogP contribution is -2.30. The zero-order chi connectivity index (χ0) is 39.7. The third-order valence-corrected chi connectivity index (χ3v) is 11.1. The van der Waals surface area contributed by atoms with Crippen molar-refractivity contribution in [3.05, 3.63) is 0 Å². The molecule has 0 rings (SSSR count). The Balaban J connectivity index is 4.33. The molecular formula is C48H92O6. The average Bonchev–Trinajstić information content (AvgIpc) is 3.15. The molecule has 320 valence electrons. The fourth-order valence-electron chi connectivity index (χ4n) is 7.07. The molecule has 0 aliphatic rings. The Bertz CT molecular complexity index is 826. The summed E-state index contributed by atoms with van der Waals surface area (Å²) in [4.78, 5) is 37.7. The molecule has 0 saturated carbocycles. The predicted molar refractivity (Wildman–Crippen MR) is 229 cm³/mol. The molecule has 0 heterocycles. The number of esters is 3. The van der Waals surface area contributed by atoms with E-state index in [1.807, 2.05) is 0 Å². The van der Waals surface area contributed by atoms with E-state index < -0.39 is 6.10 Å². The van der Waals surface area contributed by atoms with Crippen LogP contribution in [0.1, 0.15) is 259 Å². The summed E-state index contributed by atoms with van der Waals surface area (Å²) in [5.41, 5.74) is 0. The molecule has 0 saturated heterocycles. The van der Waals surface area contributed by atoms with Crippen LogP contribution in [0.2, 0.25) is 0 Å². The monoisotopic (exact) mass is 765 g/mol. The topological polar surface area (TPSA) is 78.9 Å². The lowest BCUT2D eigenvalue weighted by molar-refractivity contribution is -0.167. The van der Waals surface area contributed by atoms with Gasteiger partial charge in [-0.15, -0.1) is 0 Å². The van der Waals surface area contributed by atoms with E-state index in [1.165, 1.54) is 148 Å². The molecule has 0 fully saturated rings. The van der Waals surface area contributed by atoms with Crippen LogP contribution in [0.15, 0.2) is 0 Å². The third kappa shape index (κ3) is 40.1. The smallest absolute Gasteiger partial charge is 0.306 e. The number of carbonyl (C=O) groups is 3. The van der Waals surface area contributed by atoms with E-state index in [1.54, 1.807) is 0 Å². The first-order valence-electron chi connectivity index (χ1n) is 23.8. The fourth-order valence-corrected chi connectivity index (χ4v) is 7.07. The summed E-state index contributed by atoms with van der Waals surface area (Å²) >= 11 is 0. The highest BCUT2D eigenvalue weighted by atomic mass is 16.6.